The largest absolute Gasteiger partial charge is 0.417 e. The Balaban J connectivity index is 1.81. The van der Waals surface area contributed by atoms with Crippen molar-refractivity contribution in [3.63, 3.8) is 0 Å². The highest BCUT2D eigenvalue weighted by molar-refractivity contribution is 5.80. The molecule has 2 saturated heterocycles. The normalized spacial score (nSPS) is 19.8. The minimum Gasteiger partial charge on any atom is -0.384 e. The van der Waals surface area contributed by atoms with Gasteiger partial charge in [-0.1, -0.05) is 0 Å². The SMILES string of the molecule is NC(=O)C1CN(c2cc(-c3cnc(N)cc3C(F)(F)F)nc(N3CCOCC3)n2)CCO1. The molecular formula is C19H22F3N7O3. The molecular weight excluding hydrogens is 431 g/mol. The van der Waals surface area contributed by atoms with Gasteiger partial charge in [-0.3, -0.25) is 4.79 Å². The first-order chi connectivity index (χ1) is 15.2. The molecule has 10 nitrogen and oxygen atoms in total. The van der Waals surface area contributed by atoms with E-state index in [0.717, 1.165) is 12.3 Å². The molecule has 1 amide bonds. The zero-order chi connectivity index (χ0) is 22.9. The number of halogens is 3. The lowest BCUT2D eigenvalue weighted by atomic mass is 10.1. The quantitative estimate of drug-likeness (QED) is 0.685. The number of carbonyl (C=O) groups is 1. The molecule has 0 aromatic carbocycles. The van der Waals surface area contributed by atoms with Crippen LogP contribution in [0.5, 0.6) is 0 Å². The lowest BCUT2D eigenvalue weighted by Crippen LogP contribution is -2.49. The third-order valence-electron chi connectivity index (χ3n) is 5.21. The van der Waals surface area contributed by atoms with Gasteiger partial charge in [-0.15, -0.1) is 0 Å². The lowest BCUT2D eigenvalue weighted by molar-refractivity contribution is -0.137. The number of nitrogen functional groups attached to an aromatic ring is 1. The number of anilines is 3. The zero-order valence-corrected chi connectivity index (χ0v) is 17.0. The van der Waals surface area contributed by atoms with E-state index in [4.69, 9.17) is 20.9 Å². The Morgan fingerprint density at radius 3 is 2.50 bits per heavy atom. The summed E-state index contributed by atoms with van der Waals surface area (Å²) in [7, 11) is 0. The van der Waals surface area contributed by atoms with Crippen molar-refractivity contribution < 1.29 is 27.4 Å². The molecule has 0 radical (unpaired) electrons. The second-order valence-corrected chi connectivity index (χ2v) is 7.37. The molecule has 2 aliphatic heterocycles. The standard InChI is InChI=1S/C19H22F3N7O3/c20-19(21,22)12-7-15(23)25-9-11(12)13-8-16(29-3-6-32-14(10-29)17(24)30)27-18(26-13)28-1-4-31-5-2-28/h7-9,14H,1-6,10H2,(H2,23,25)(H2,24,30). The summed E-state index contributed by atoms with van der Waals surface area (Å²) in [5, 5.41) is 0. The van der Waals surface area contributed by atoms with E-state index >= 15 is 0 Å². The van der Waals surface area contributed by atoms with Gasteiger partial charge in [0.15, 0.2) is 6.10 Å². The second kappa shape index (κ2) is 8.74. The molecule has 172 valence electrons. The Bertz CT molecular complexity index is 999. The Labute approximate surface area is 181 Å². The van der Waals surface area contributed by atoms with Gasteiger partial charge in [-0.05, 0) is 6.07 Å². The molecule has 2 fully saturated rings. The molecule has 1 unspecified atom stereocenters. The highest BCUT2D eigenvalue weighted by atomic mass is 19.4. The van der Waals surface area contributed by atoms with Crippen molar-refractivity contribution in [2.75, 3.05) is 61.5 Å². The number of nitrogens with two attached hydrogens (primary N) is 2. The Hall–Kier alpha value is -3.19. The Morgan fingerprint density at radius 2 is 1.81 bits per heavy atom. The van der Waals surface area contributed by atoms with E-state index in [9.17, 15) is 18.0 Å². The average molecular weight is 453 g/mol. The van der Waals surface area contributed by atoms with Crippen molar-refractivity contribution in [1.29, 1.82) is 0 Å². The van der Waals surface area contributed by atoms with E-state index in [1.165, 1.54) is 6.07 Å². The Kier molecular flexibility index (Phi) is 6.02. The monoisotopic (exact) mass is 453 g/mol. The minimum absolute atomic E-state index is 0.0402. The van der Waals surface area contributed by atoms with Gasteiger partial charge in [0.25, 0.3) is 0 Å². The molecule has 0 spiro atoms. The number of nitrogens with zero attached hydrogens (tertiary/aromatic N) is 5. The summed E-state index contributed by atoms with van der Waals surface area (Å²) < 4.78 is 51.9. The predicted octanol–water partition coefficient (Wildman–Crippen LogP) is 0.667. The highest BCUT2D eigenvalue weighted by Gasteiger charge is 2.35. The first-order valence-corrected chi connectivity index (χ1v) is 9.93. The van der Waals surface area contributed by atoms with Crippen molar-refractivity contribution in [3.8, 4) is 11.3 Å². The topological polar surface area (TPSA) is 133 Å². The maximum Gasteiger partial charge on any atom is 0.417 e. The minimum atomic E-state index is -4.66. The molecule has 4 N–H and O–H groups in total. The van der Waals surface area contributed by atoms with Crippen molar-refractivity contribution in [1.82, 2.24) is 15.0 Å². The molecule has 4 rings (SSSR count). The highest BCUT2D eigenvalue weighted by Crippen LogP contribution is 2.38. The second-order valence-electron chi connectivity index (χ2n) is 7.37. The van der Waals surface area contributed by atoms with Crippen LogP contribution in [0.4, 0.5) is 30.8 Å². The number of ether oxygens (including phenoxy) is 2. The summed E-state index contributed by atoms with van der Waals surface area (Å²) in [4.78, 5) is 28.0. The molecule has 2 aliphatic rings. The molecule has 32 heavy (non-hydrogen) atoms. The maximum atomic E-state index is 13.7. The van der Waals surface area contributed by atoms with Gasteiger partial charge in [-0.2, -0.15) is 18.2 Å². The van der Waals surface area contributed by atoms with Gasteiger partial charge in [0.05, 0.1) is 37.6 Å². The number of pyridine rings is 1. The number of hydrogen-bond acceptors (Lipinski definition) is 9. The van der Waals surface area contributed by atoms with E-state index in [1.807, 2.05) is 4.90 Å². The molecule has 2 aromatic rings. The third-order valence-corrected chi connectivity index (χ3v) is 5.21. The van der Waals surface area contributed by atoms with Crippen LogP contribution in [0, 0.1) is 0 Å². The predicted molar refractivity (Wildman–Crippen MR) is 109 cm³/mol. The van der Waals surface area contributed by atoms with E-state index in [2.05, 4.69) is 15.0 Å². The van der Waals surface area contributed by atoms with Gasteiger partial charge < -0.3 is 30.7 Å². The van der Waals surface area contributed by atoms with Gasteiger partial charge in [0, 0.05) is 37.5 Å². The first kappa shape index (κ1) is 22.0. The lowest BCUT2D eigenvalue weighted by Gasteiger charge is -2.33. The number of aromatic nitrogens is 3. The van der Waals surface area contributed by atoms with Crippen LogP contribution in [0.15, 0.2) is 18.3 Å². The van der Waals surface area contributed by atoms with Gasteiger partial charge in [-0.25, -0.2) is 9.97 Å². The fourth-order valence-corrected chi connectivity index (χ4v) is 3.57. The van der Waals surface area contributed by atoms with Gasteiger partial charge >= 0.3 is 6.18 Å². The summed E-state index contributed by atoms with van der Waals surface area (Å²) in [5.41, 5.74) is 9.75. The number of primary amides is 1. The van der Waals surface area contributed by atoms with E-state index in [0.29, 0.717) is 38.7 Å². The Morgan fingerprint density at radius 1 is 1.09 bits per heavy atom. The maximum absolute atomic E-state index is 13.7. The van der Waals surface area contributed by atoms with Crippen molar-refractivity contribution in [3.05, 3.63) is 23.9 Å². The van der Waals surface area contributed by atoms with Gasteiger partial charge in [0.2, 0.25) is 11.9 Å². The fourth-order valence-electron chi connectivity index (χ4n) is 3.57. The van der Waals surface area contributed by atoms with Crippen molar-refractivity contribution in [2.45, 2.75) is 12.3 Å². The number of alkyl halides is 3. The van der Waals surface area contributed by atoms with Crippen molar-refractivity contribution in [2.24, 2.45) is 5.73 Å². The summed E-state index contributed by atoms with van der Waals surface area (Å²) in [6.07, 6.45) is -4.45. The van der Waals surface area contributed by atoms with Crippen LogP contribution in [-0.4, -0.2) is 73.0 Å². The van der Waals surface area contributed by atoms with Crippen LogP contribution >= 0.6 is 0 Å². The number of carbonyl (C=O) groups excluding carboxylic acids is 1. The molecule has 4 heterocycles. The molecule has 0 bridgehead atoms. The number of morpholine rings is 2. The van der Waals surface area contributed by atoms with E-state index in [1.54, 1.807) is 4.90 Å². The van der Waals surface area contributed by atoms with Crippen LogP contribution < -0.4 is 21.3 Å². The van der Waals surface area contributed by atoms with E-state index < -0.39 is 23.8 Å². The summed E-state index contributed by atoms with van der Waals surface area (Å²) >= 11 is 0. The van der Waals surface area contributed by atoms with E-state index in [-0.39, 0.29) is 36.2 Å². The van der Waals surface area contributed by atoms with Crippen LogP contribution in [0.25, 0.3) is 11.3 Å². The number of rotatable bonds is 4. The summed E-state index contributed by atoms with van der Waals surface area (Å²) in [5.74, 6) is -0.260. The van der Waals surface area contributed by atoms with Crippen LogP contribution in [0.3, 0.4) is 0 Å². The third kappa shape index (κ3) is 4.67. The first-order valence-electron chi connectivity index (χ1n) is 9.93. The summed E-state index contributed by atoms with van der Waals surface area (Å²) in [6, 6.07) is 2.22. The van der Waals surface area contributed by atoms with Crippen LogP contribution in [0.2, 0.25) is 0 Å². The molecule has 1 atom stereocenters. The van der Waals surface area contributed by atoms with Crippen molar-refractivity contribution >= 4 is 23.5 Å². The number of amides is 1. The molecule has 2 aromatic heterocycles. The molecule has 0 aliphatic carbocycles. The molecule has 0 saturated carbocycles. The number of hydrogen-bond donors (Lipinski definition) is 2. The zero-order valence-electron chi connectivity index (χ0n) is 17.0. The smallest absolute Gasteiger partial charge is 0.384 e. The van der Waals surface area contributed by atoms with Crippen LogP contribution in [0.1, 0.15) is 5.56 Å². The molecule has 13 heteroatoms. The van der Waals surface area contributed by atoms with Gasteiger partial charge in [0.1, 0.15) is 11.6 Å². The average Bonchev–Trinajstić information content (AvgIpc) is 2.79. The fraction of sp³-hybridized carbons (Fsp3) is 0.474. The summed E-state index contributed by atoms with van der Waals surface area (Å²) in [6.45, 7) is 2.60. The van der Waals surface area contributed by atoms with Crippen LogP contribution in [-0.2, 0) is 20.4 Å².